The minimum absolute atomic E-state index is 0.0346. The molecular formula is C24H18Cl2N2O5. The smallest absolute Gasteiger partial charge is 0.266 e. The molecular weight excluding hydrogens is 467 g/mol. The maximum Gasteiger partial charge on any atom is 0.266 e. The molecule has 2 fully saturated rings. The molecule has 0 aromatic heterocycles. The lowest BCUT2D eigenvalue weighted by Gasteiger charge is -2.29. The first-order valence-corrected chi connectivity index (χ1v) is 10.9. The Bertz CT molecular complexity index is 1250. The molecule has 3 aromatic rings. The van der Waals surface area contributed by atoms with Crippen molar-refractivity contribution in [2.45, 2.75) is 12.1 Å². The van der Waals surface area contributed by atoms with E-state index in [4.69, 9.17) is 32.8 Å². The molecule has 168 valence electrons. The standard InChI is InChI=1S/C24H18Cl2N2O5/c1-32-18-10-6-5-9-17(18)27-23(30)19-20(15-11-13(25)12-16(26)21(15)29)28(33-22(19)24(27)31)14-7-3-2-4-8-14/h2-12,19-20,22,29H,1H3/t19-,20+,22+/m0/s1. The zero-order chi connectivity index (χ0) is 23.3. The fourth-order valence-corrected chi connectivity index (χ4v) is 4.90. The fraction of sp³-hybridized carbons (Fsp3) is 0.167. The number of amides is 2. The van der Waals surface area contributed by atoms with E-state index in [9.17, 15) is 14.7 Å². The number of hydrogen-bond acceptors (Lipinski definition) is 6. The first-order valence-electron chi connectivity index (χ1n) is 10.1. The summed E-state index contributed by atoms with van der Waals surface area (Å²) in [5, 5.41) is 12.6. The summed E-state index contributed by atoms with van der Waals surface area (Å²) >= 11 is 12.4. The van der Waals surface area contributed by atoms with Crippen LogP contribution >= 0.6 is 23.2 Å². The van der Waals surface area contributed by atoms with Gasteiger partial charge >= 0.3 is 0 Å². The number of aromatic hydroxyl groups is 1. The highest BCUT2D eigenvalue weighted by molar-refractivity contribution is 6.35. The molecule has 1 N–H and O–H groups in total. The summed E-state index contributed by atoms with van der Waals surface area (Å²) in [6.07, 6.45) is -1.11. The minimum atomic E-state index is -1.11. The Morgan fingerprint density at radius 1 is 0.970 bits per heavy atom. The summed E-state index contributed by atoms with van der Waals surface area (Å²) < 4.78 is 5.36. The third kappa shape index (κ3) is 3.40. The predicted molar refractivity (Wildman–Crippen MR) is 124 cm³/mol. The van der Waals surface area contributed by atoms with E-state index in [0.29, 0.717) is 17.1 Å². The van der Waals surface area contributed by atoms with Crippen LogP contribution in [0.1, 0.15) is 11.6 Å². The number of phenols is 1. The van der Waals surface area contributed by atoms with Crippen molar-refractivity contribution in [2.75, 3.05) is 17.1 Å². The van der Waals surface area contributed by atoms with Crippen LogP contribution in [0.2, 0.25) is 10.0 Å². The van der Waals surface area contributed by atoms with Gasteiger partial charge in [-0.15, -0.1) is 0 Å². The number of anilines is 2. The van der Waals surface area contributed by atoms with Crippen molar-refractivity contribution in [1.82, 2.24) is 0 Å². The maximum atomic E-state index is 13.7. The molecule has 33 heavy (non-hydrogen) atoms. The molecule has 0 spiro atoms. The van der Waals surface area contributed by atoms with E-state index in [0.717, 1.165) is 4.90 Å². The number of para-hydroxylation sites is 3. The van der Waals surface area contributed by atoms with Gasteiger partial charge in [0, 0.05) is 10.6 Å². The summed E-state index contributed by atoms with van der Waals surface area (Å²) in [6.45, 7) is 0. The molecule has 0 radical (unpaired) electrons. The quantitative estimate of drug-likeness (QED) is 0.537. The minimum Gasteiger partial charge on any atom is -0.506 e. The van der Waals surface area contributed by atoms with Gasteiger partial charge in [-0.1, -0.05) is 53.5 Å². The number of nitrogens with zero attached hydrogens (tertiary/aromatic N) is 2. The molecule has 3 atom stereocenters. The Hall–Kier alpha value is -3.26. The molecule has 2 aliphatic heterocycles. The number of hydrogen-bond donors (Lipinski definition) is 1. The van der Waals surface area contributed by atoms with Crippen molar-refractivity contribution in [3.63, 3.8) is 0 Å². The summed E-state index contributed by atoms with van der Waals surface area (Å²) in [5.41, 5.74) is 1.22. The van der Waals surface area contributed by atoms with Crippen molar-refractivity contribution >= 4 is 46.4 Å². The summed E-state index contributed by atoms with van der Waals surface area (Å²) in [7, 11) is 1.47. The second-order valence-corrected chi connectivity index (χ2v) is 8.51. The van der Waals surface area contributed by atoms with Gasteiger partial charge in [-0.2, -0.15) is 0 Å². The van der Waals surface area contributed by atoms with Crippen LogP contribution in [0.15, 0.2) is 66.7 Å². The second-order valence-electron chi connectivity index (χ2n) is 7.67. The third-order valence-electron chi connectivity index (χ3n) is 5.83. The molecule has 0 saturated carbocycles. The number of ether oxygens (including phenoxy) is 1. The fourth-order valence-electron chi connectivity index (χ4n) is 4.39. The molecule has 5 rings (SSSR count). The molecule has 0 bridgehead atoms. The first-order chi connectivity index (χ1) is 15.9. The number of fused-ring (bicyclic) bond motifs is 1. The number of carbonyl (C=O) groups excluding carboxylic acids is 2. The zero-order valence-electron chi connectivity index (χ0n) is 17.3. The number of halogens is 2. The van der Waals surface area contributed by atoms with Gasteiger partial charge in [0.2, 0.25) is 5.91 Å². The highest BCUT2D eigenvalue weighted by atomic mass is 35.5. The molecule has 2 amide bonds. The zero-order valence-corrected chi connectivity index (χ0v) is 18.8. The SMILES string of the molecule is COc1ccccc1N1C(=O)[C@H]2[C@@H](c3cc(Cl)cc(Cl)c3O)N(c3ccccc3)O[C@H]2C1=O. The third-order valence-corrected chi connectivity index (χ3v) is 6.33. The Morgan fingerprint density at radius 2 is 1.67 bits per heavy atom. The Balaban J connectivity index is 1.65. The van der Waals surface area contributed by atoms with Gasteiger partial charge in [0.1, 0.15) is 17.4 Å². The number of benzene rings is 3. The highest BCUT2D eigenvalue weighted by Crippen LogP contribution is 2.51. The van der Waals surface area contributed by atoms with Gasteiger partial charge < -0.3 is 9.84 Å². The van der Waals surface area contributed by atoms with Crippen LogP contribution in [0, 0.1) is 5.92 Å². The second kappa shape index (κ2) is 8.26. The van der Waals surface area contributed by atoms with E-state index in [1.54, 1.807) is 48.5 Å². The summed E-state index contributed by atoms with van der Waals surface area (Å²) in [4.78, 5) is 34.3. The van der Waals surface area contributed by atoms with Crippen LogP contribution in [0.25, 0.3) is 0 Å². The number of carbonyl (C=O) groups is 2. The van der Waals surface area contributed by atoms with Crippen LogP contribution in [0.5, 0.6) is 11.5 Å². The predicted octanol–water partition coefficient (Wildman–Crippen LogP) is 4.76. The van der Waals surface area contributed by atoms with E-state index < -0.39 is 29.9 Å². The lowest BCUT2D eigenvalue weighted by atomic mass is 9.90. The van der Waals surface area contributed by atoms with Gasteiger partial charge in [0.25, 0.3) is 5.91 Å². The van der Waals surface area contributed by atoms with Gasteiger partial charge in [-0.25, -0.2) is 9.96 Å². The number of hydroxylamine groups is 1. The largest absolute Gasteiger partial charge is 0.506 e. The van der Waals surface area contributed by atoms with Crippen LogP contribution in [-0.2, 0) is 14.4 Å². The van der Waals surface area contributed by atoms with Crippen LogP contribution < -0.4 is 14.7 Å². The lowest BCUT2D eigenvalue weighted by molar-refractivity contribution is -0.126. The van der Waals surface area contributed by atoms with E-state index >= 15 is 0 Å². The first kappa shape index (κ1) is 21.6. The van der Waals surface area contributed by atoms with Gasteiger partial charge in [0.05, 0.1) is 29.5 Å². The molecule has 0 unspecified atom stereocenters. The number of imide groups is 1. The van der Waals surface area contributed by atoms with Gasteiger partial charge in [-0.3, -0.25) is 14.4 Å². The maximum absolute atomic E-state index is 13.7. The average Bonchev–Trinajstić information content (AvgIpc) is 3.32. The highest BCUT2D eigenvalue weighted by Gasteiger charge is 2.61. The number of phenolic OH excluding ortho intramolecular Hbond substituents is 1. The Morgan fingerprint density at radius 3 is 2.39 bits per heavy atom. The van der Waals surface area contributed by atoms with Crippen molar-refractivity contribution in [3.05, 3.63) is 82.3 Å². The molecule has 9 heteroatoms. The van der Waals surface area contributed by atoms with Crippen LogP contribution in [0.4, 0.5) is 11.4 Å². The number of rotatable bonds is 4. The lowest BCUT2D eigenvalue weighted by Crippen LogP contribution is -2.37. The molecule has 2 heterocycles. The van der Waals surface area contributed by atoms with Gasteiger partial charge in [0.15, 0.2) is 6.10 Å². The number of methoxy groups -OCH3 is 1. The summed E-state index contributed by atoms with van der Waals surface area (Å²) in [6, 6.07) is 17.8. The molecule has 2 saturated heterocycles. The van der Waals surface area contributed by atoms with Crippen molar-refractivity contribution in [1.29, 1.82) is 0 Å². The van der Waals surface area contributed by atoms with E-state index in [1.807, 2.05) is 6.07 Å². The van der Waals surface area contributed by atoms with Gasteiger partial charge in [-0.05, 0) is 36.4 Å². The van der Waals surface area contributed by atoms with Crippen molar-refractivity contribution < 1.29 is 24.3 Å². The molecule has 2 aliphatic rings. The Kier molecular flexibility index (Phi) is 5.40. The van der Waals surface area contributed by atoms with E-state index in [1.165, 1.54) is 24.3 Å². The monoisotopic (exact) mass is 484 g/mol. The molecule has 0 aliphatic carbocycles. The van der Waals surface area contributed by atoms with E-state index in [2.05, 4.69) is 0 Å². The van der Waals surface area contributed by atoms with E-state index in [-0.39, 0.29) is 21.4 Å². The van der Waals surface area contributed by atoms with Crippen molar-refractivity contribution in [2.24, 2.45) is 5.92 Å². The summed E-state index contributed by atoms with van der Waals surface area (Å²) in [5.74, 6) is -1.81. The molecule has 7 nitrogen and oxygen atoms in total. The van der Waals surface area contributed by atoms with Crippen LogP contribution in [0.3, 0.4) is 0 Å². The Labute approximate surface area is 199 Å². The van der Waals surface area contributed by atoms with Crippen molar-refractivity contribution in [3.8, 4) is 11.5 Å². The van der Waals surface area contributed by atoms with Crippen LogP contribution in [-0.4, -0.2) is 30.1 Å². The molecule has 3 aromatic carbocycles. The topological polar surface area (TPSA) is 79.3 Å². The normalized spacial score (nSPS) is 22.1. The average molecular weight is 485 g/mol.